The zero-order valence-corrected chi connectivity index (χ0v) is 23.4. The highest BCUT2D eigenvalue weighted by molar-refractivity contribution is 7.12. The molecule has 0 aliphatic carbocycles. The van der Waals surface area contributed by atoms with Gasteiger partial charge in [-0.1, -0.05) is 11.6 Å². The van der Waals surface area contributed by atoms with Crippen LogP contribution in [-0.4, -0.2) is 77.2 Å². The molecule has 13 nitrogen and oxygen atoms in total. The number of esters is 1. The van der Waals surface area contributed by atoms with E-state index in [-0.39, 0.29) is 24.1 Å². The van der Waals surface area contributed by atoms with Gasteiger partial charge in [-0.05, 0) is 41.1 Å². The summed E-state index contributed by atoms with van der Waals surface area (Å²) in [4.78, 5) is 51.8. The molecule has 0 saturated heterocycles. The molecule has 0 radical (unpaired) electrons. The van der Waals surface area contributed by atoms with Crippen LogP contribution < -0.4 is 5.56 Å². The van der Waals surface area contributed by atoms with E-state index < -0.39 is 5.97 Å². The first-order valence-corrected chi connectivity index (χ1v) is 13.7. The molecule has 5 heterocycles. The summed E-state index contributed by atoms with van der Waals surface area (Å²) in [5.41, 5.74) is 2.96. The van der Waals surface area contributed by atoms with Crippen molar-refractivity contribution >= 4 is 34.8 Å². The fraction of sp³-hybridized carbons (Fsp3) is 0.231. The first-order chi connectivity index (χ1) is 19.8. The molecule has 1 amide bonds. The lowest BCUT2D eigenvalue weighted by atomic mass is 10.1. The van der Waals surface area contributed by atoms with Gasteiger partial charge in [-0.15, -0.1) is 16.4 Å². The Morgan fingerprint density at radius 2 is 2.10 bits per heavy atom. The van der Waals surface area contributed by atoms with Crippen LogP contribution in [0.3, 0.4) is 0 Å². The molecule has 4 aromatic heterocycles. The minimum Gasteiger partial charge on any atom is -0.451 e. The highest BCUT2D eigenvalue weighted by Gasteiger charge is 2.29. The molecule has 5 aromatic rings. The molecule has 41 heavy (non-hydrogen) atoms. The van der Waals surface area contributed by atoms with Crippen molar-refractivity contribution in [1.29, 1.82) is 0 Å². The number of hydrogen-bond donors (Lipinski definition) is 1. The summed E-state index contributed by atoms with van der Waals surface area (Å²) < 4.78 is 8.24. The summed E-state index contributed by atoms with van der Waals surface area (Å²) >= 11 is 7.48. The van der Waals surface area contributed by atoms with Crippen LogP contribution in [0.5, 0.6) is 0 Å². The lowest BCUT2D eigenvalue weighted by Gasteiger charge is -2.14. The molecule has 1 N–H and O–H groups in total. The van der Waals surface area contributed by atoms with E-state index in [1.165, 1.54) is 33.3 Å². The molecule has 0 bridgehead atoms. The van der Waals surface area contributed by atoms with E-state index in [0.29, 0.717) is 57.0 Å². The van der Waals surface area contributed by atoms with Crippen molar-refractivity contribution in [3.63, 3.8) is 0 Å². The van der Waals surface area contributed by atoms with Crippen LogP contribution >= 0.6 is 22.9 Å². The molecule has 6 rings (SSSR count). The molecule has 0 saturated carbocycles. The molecular weight excluding hydrogens is 570 g/mol. The normalized spacial score (nSPS) is 14.2. The highest BCUT2D eigenvalue weighted by atomic mass is 35.5. The Morgan fingerprint density at radius 3 is 2.88 bits per heavy atom. The van der Waals surface area contributed by atoms with Gasteiger partial charge in [0.1, 0.15) is 22.9 Å². The van der Waals surface area contributed by atoms with Gasteiger partial charge >= 0.3 is 5.97 Å². The summed E-state index contributed by atoms with van der Waals surface area (Å²) in [7, 11) is 3.18. The van der Waals surface area contributed by atoms with Gasteiger partial charge in [0, 0.05) is 48.1 Å². The number of rotatable bonds is 7. The maximum atomic E-state index is 13.4. The Labute approximate surface area is 241 Å². The van der Waals surface area contributed by atoms with E-state index in [0.717, 1.165) is 5.56 Å². The molecule has 1 aliphatic heterocycles. The zero-order valence-electron chi connectivity index (χ0n) is 21.8. The number of aromatic nitrogens is 8. The van der Waals surface area contributed by atoms with E-state index >= 15 is 0 Å². The number of benzene rings is 1. The third-order valence-corrected chi connectivity index (χ3v) is 7.80. The van der Waals surface area contributed by atoms with Crippen molar-refractivity contribution in [2.24, 2.45) is 0 Å². The van der Waals surface area contributed by atoms with E-state index in [9.17, 15) is 14.4 Å². The van der Waals surface area contributed by atoms with E-state index in [1.54, 1.807) is 54.5 Å². The predicted octanol–water partition coefficient (Wildman–Crippen LogP) is 2.77. The predicted molar refractivity (Wildman–Crippen MR) is 149 cm³/mol. The number of nitrogens with one attached hydrogen (secondary N) is 1. The standard InChI is InChI=1S/C26H22ClN9O4S/c1-34(2)24(38)11-40-26(39)21-7-14(12-41-21)18-10-28-25(31-18)20-5-6-22-30-17(9-23(37)36(20)22)16-8-15(27)3-4-19(16)35-13-29-32-33-35/h3-4,7-10,12-13,20H,5-6,11H2,1-2H3,(H,28,31)/t20-/m0/s1. The smallest absolute Gasteiger partial charge is 0.348 e. The third kappa shape index (κ3) is 5.14. The average molecular weight is 592 g/mol. The maximum Gasteiger partial charge on any atom is 0.348 e. The first-order valence-electron chi connectivity index (χ1n) is 12.5. The van der Waals surface area contributed by atoms with Crippen molar-refractivity contribution in [3.05, 3.63) is 80.1 Å². The van der Waals surface area contributed by atoms with Crippen LogP contribution in [0.2, 0.25) is 5.02 Å². The monoisotopic (exact) mass is 591 g/mol. The summed E-state index contributed by atoms with van der Waals surface area (Å²) in [5.74, 6) is 0.366. The second-order valence-electron chi connectivity index (χ2n) is 9.48. The van der Waals surface area contributed by atoms with Gasteiger partial charge in [0.2, 0.25) is 0 Å². The number of H-pyrrole nitrogens is 1. The number of hydrogen-bond acceptors (Lipinski definition) is 10. The Morgan fingerprint density at radius 1 is 1.24 bits per heavy atom. The third-order valence-electron chi connectivity index (χ3n) is 6.66. The van der Waals surface area contributed by atoms with Crippen LogP contribution in [-0.2, 0) is 16.0 Å². The minimum atomic E-state index is -0.572. The summed E-state index contributed by atoms with van der Waals surface area (Å²) in [6, 6.07) is 8.05. The number of tetrazole rings is 1. The van der Waals surface area contributed by atoms with E-state index in [2.05, 4.69) is 25.5 Å². The van der Waals surface area contributed by atoms with Gasteiger partial charge in [-0.2, -0.15) is 4.68 Å². The van der Waals surface area contributed by atoms with Crippen LogP contribution in [0.15, 0.2) is 53.0 Å². The summed E-state index contributed by atoms with van der Waals surface area (Å²) in [5, 5.41) is 13.6. The molecule has 15 heteroatoms. The molecule has 0 fully saturated rings. The fourth-order valence-corrected chi connectivity index (χ4v) is 5.56. The molecule has 0 spiro atoms. The lowest BCUT2D eigenvalue weighted by molar-refractivity contribution is -0.131. The number of carbonyl (C=O) groups is 2. The number of thiophene rings is 1. The Bertz CT molecular complexity index is 1830. The quantitative estimate of drug-likeness (QED) is 0.281. The Hall–Kier alpha value is -4.69. The number of nitrogens with zero attached hydrogens (tertiary/aromatic N) is 8. The summed E-state index contributed by atoms with van der Waals surface area (Å²) in [6.07, 6.45) is 4.33. The second kappa shape index (κ2) is 10.7. The molecule has 1 aliphatic rings. The van der Waals surface area contributed by atoms with Gasteiger partial charge in [0.05, 0.1) is 29.3 Å². The van der Waals surface area contributed by atoms with Crippen molar-refractivity contribution < 1.29 is 14.3 Å². The number of imidazole rings is 1. The maximum absolute atomic E-state index is 13.4. The Kier molecular flexibility index (Phi) is 6.93. The number of fused-ring (bicyclic) bond motifs is 1. The van der Waals surface area contributed by atoms with Gasteiger partial charge in [-0.3, -0.25) is 14.2 Å². The van der Waals surface area contributed by atoms with Gasteiger partial charge in [-0.25, -0.2) is 14.8 Å². The molecule has 208 valence electrons. The SMILES string of the molecule is CN(C)C(=O)COC(=O)c1cc(-c2cnc([C@@H]3CCc4nc(-c5cc(Cl)ccc5-n5cnnn5)cc(=O)n43)[nH]2)cs1. The van der Waals surface area contributed by atoms with Gasteiger partial charge in [0.25, 0.3) is 11.5 Å². The lowest BCUT2D eigenvalue weighted by Crippen LogP contribution is -2.27. The number of likely N-dealkylation sites (N-methyl/N-ethyl adjacent to an activating group) is 1. The molecular formula is C26H22ClN9O4S. The summed E-state index contributed by atoms with van der Waals surface area (Å²) in [6.45, 7) is -0.324. The minimum absolute atomic E-state index is 0.221. The number of halogens is 1. The number of aromatic amines is 1. The van der Waals surface area contributed by atoms with Crippen molar-refractivity contribution in [1.82, 2.24) is 44.6 Å². The topological polar surface area (TPSA) is 154 Å². The number of amides is 1. The van der Waals surface area contributed by atoms with Crippen LogP contribution in [0.4, 0.5) is 0 Å². The van der Waals surface area contributed by atoms with Crippen molar-refractivity contribution in [3.8, 4) is 28.2 Å². The Balaban J connectivity index is 1.25. The molecule has 1 atom stereocenters. The first kappa shape index (κ1) is 26.5. The number of aryl methyl sites for hydroxylation is 1. The van der Waals surface area contributed by atoms with E-state index in [4.69, 9.17) is 21.3 Å². The molecule has 1 aromatic carbocycles. The second-order valence-corrected chi connectivity index (χ2v) is 10.8. The molecule has 0 unspecified atom stereocenters. The average Bonchev–Trinajstić information content (AvgIpc) is 3.77. The zero-order chi connectivity index (χ0) is 28.7. The largest absolute Gasteiger partial charge is 0.451 e. The number of ether oxygens (including phenoxy) is 1. The fourth-order valence-electron chi connectivity index (χ4n) is 4.59. The van der Waals surface area contributed by atoms with Crippen LogP contribution in [0.1, 0.15) is 33.8 Å². The van der Waals surface area contributed by atoms with Crippen LogP contribution in [0, 0.1) is 0 Å². The van der Waals surface area contributed by atoms with Crippen molar-refractivity contribution in [2.75, 3.05) is 20.7 Å². The van der Waals surface area contributed by atoms with Crippen molar-refractivity contribution in [2.45, 2.75) is 18.9 Å². The highest BCUT2D eigenvalue weighted by Crippen LogP contribution is 2.33. The number of carbonyl (C=O) groups excluding carboxylic acids is 2. The van der Waals surface area contributed by atoms with Crippen LogP contribution in [0.25, 0.3) is 28.2 Å². The van der Waals surface area contributed by atoms with E-state index in [1.807, 2.05) is 0 Å². The van der Waals surface area contributed by atoms with Gasteiger partial charge in [0.15, 0.2) is 6.61 Å². The van der Waals surface area contributed by atoms with Gasteiger partial charge < -0.3 is 14.6 Å².